The number of aromatic nitrogens is 3. The maximum atomic E-state index is 12.9. The van der Waals surface area contributed by atoms with Crippen molar-refractivity contribution >= 4 is 17.5 Å². The third-order valence-electron chi connectivity index (χ3n) is 4.45. The van der Waals surface area contributed by atoms with E-state index in [-0.39, 0.29) is 11.9 Å². The van der Waals surface area contributed by atoms with Crippen molar-refractivity contribution in [1.29, 1.82) is 0 Å². The Kier molecular flexibility index (Phi) is 4.01. The van der Waals surface area contributed by atoms with Crippen molar-refractivity contribution in [2.75, 3.05) is 6.54 Å². The van der Waals surface area contributed by atoms with Crippen LogP contribution in [0.15, 0.2) is 48.8 Å². The normalized spacial score (nSPS) is 16.3. The van der Waals surface area contributed by atoms with E-state index >= 15 is 0 Å². The summed E-state index contributed by atoms with van der Waals surface area (Å²) in [6.07, 6.45) is 4.44. The van der Waals surface area contributed by atoms with Gasteiger partial charge in [-0.15, -0.1) is 0 Å². The molecule has 0 unspecified atom stereocenters. The summed E-state index contributed by atoms with van der Waals surface area (Å²) < 4.78 is 0. The van der Waals surface area contributed by atoms with Crippen molar-refractivity contribution in [2.45, 2.75) is 19.4 Å². The first kappa shape index (κ1) is 15.8. The Labute approximate surface area is 150 Å². The maximum absolute atomic E-state index is 12.9. The average molecular weight is 353 g/mol. The third kappa shape index (κ3) is 2.61. The molecule has 1 N–H and O–H groups in total. The molecule has 1 atom stereocenters. The average Bonchev–Trinajstić information content (AvgIpc) is 3.17. The molecule has 0 saturated heterocycles. The molecule has 126 valence electrons. The monoisotopic (exact) mass is 352 g/mol. The van der Waals surface area contributed by atoms with Crippen molar-refractivity contribution < 1.29 is 4.79 Å². The zero-order valence-electron chi connectivity index (χ0n) is 13.7. The van der Waals surface area contributed by atoms with Crippen LogP contribution in [0.5, 0.6) is 0 Å². The van der Waals surface area contributed by atoms with Gasteiger partial charge in [0.05, 0.1) is 11.7 Å². The Morgan fingerprint density at radius 1 is 1.24 bits per heavy atom. The number of pyridine rings is 1. The summed E-state index contributed by atoms with van der Waals surface area (Å²) in [6.45, 7) is 2.75. The molecule has 6 heteroatoms. The van der Waals surface area contributed by atoms with Crippen LogP contribution in [0.2, 0.25) is 5.02 Å². The number of hydrogen-bond acceptors (Lipinski definition) is 3. The van der Waals surface area contributed by atoms with E-state index in [0.29, 0.717) is 17.3 Å². The Bertz CT molecular complexity index is 905. The van der Waals surface area contributed by atoms with Crippen LogP contribution < -0.4 is 0 Å². The van der Waals surface area contributed by atoms with Gasteiger partial charge in [-0.1, -0.05) is 36.7 Å². The highest BCUT2D eigenvalue weighted by Crippen LogP contribution is 2.42. The lowest BCUT2D eigenvalue weighted by atomic mass is 9.97. The van der Waals surface area contributed by atoms with E-state index in [9.17, 15) is 4.79 Å². The molecule has 0 fully saturated rings. The minimum absolute atomic E-state index is 0.0154. The van der Waals surface area contributed by atoms with Crippen LogP contribution >= 0.6 is 11.6 Å². The van der Waals surface area contributed by atoms with Crippen LogP contribution in [0.4, 0.5) is 0 Å². The van der Waals surface area contributed by atoms with E-state index in [1.54, 1.807) is 6.20 Å². The Hall–Kier alpha value is -2.66. The minimum atomic E-state index is -0.180. The van der Waals surface area contributed by atoms with Crippen molar-refractivity contribution in [2.24, 2.45) is 0 Å². The predicted octanol–water partition coefficient (Wildman–Crippen LogP) is 4.08. The smallest absolute Gasteiger partial charge is 0.273 e. The number of nitrogens with one attached hydrogen (secondary N) is 1. The number of hydrogen-bond donors (Lipinski definition) is 1. The van der Waals surface area contributed by atoms with E-state index in [1.807, 2.05) is 47.5 Å². The molecule has 5 nitrogen and oxygen atoms in total. The zero-order valence-corrected chi connectivity index (χ0v) is 14.5. The highest BCUT2D eigenvalue weighted by molar-refractivity contribution is 6.30. The predicted molar refractivity (Wildman–Crippen MR) is 96.4 cm³/mol. The second-order valence-corrected chi connectivity index (χ2v) is 6.49. The van der Waals surface area contributed by atoms with E-state index in [4.69, 9.17) is 11.6 Å². The second-order valence-electron chi connectivity index (χ2n) is 6.06. The largest absolute Gasteiger partial charge is 0.326 e. The number of carbonyl (C=O) groups excluding carboxylic acids is 1. The summed E-state index contributed by atoms with van der Waals surface area (Å²) in [4.78, 5) is 19.0. The molecule has 1 aromatic carbocycles. The number of fused-ring (bicyclic) bond motifs is 1. The Morgan fingerprint density at radius 3 is 2.72 bits per heavy atom. The lowest BCUT2D eigenvalue weighted by molar-refractivity contribution is 0.0744. The van der Waals surface area contributed by atoms with Crippen LogP contribution in [-0.4, -0.2) is 32.5 Å². The quantitative estimate of drug-likeness (QED) is 0.769. The lowest BCUT2D eigenvalue weighted by Crippen LogP contribution is -2.30. The molecule has 0 saturated carbocycles. The molecule has 25 heavy (non-hydrogen) atoms. The molecule has 3 aromatic rings. The van der Waals surface area contributed by atoms with Crippen LogP contribution in [0.1, 0.15) is 41.0 Å². The summed E-state index contributed by atoms with van der Waals surface area (Å²) >= 11 is 6.00. The fourth-order valence-electron chi connectivity index (χ4n) is 3.38. The van der Waals surface area contributed by atoms with Gasteiger partial charge >= 0.3 is 0 Å². The van der Waals surface area contributed by atoms with Gasteiger partial charge < -0.3 is 4.90 Å². The number of H-pyrrole nitrogens is 1. The fourth-order valence-corrected chi connectivity index (χ4v) is 3.51. The van der Waals surface area contributed by atoms with Crippen LogP contribution in [0.3, 0.4) is 0 Å². The van der Waals surface area contributed by atoms with Crippen molar-refractivity contribution in [3.05, 3.63) is 70.6 Å². The van der Waals surface area contributed by atoms with Crippen LogP contribution in [-0.2, 0) is 0 Å². The standard InChI is InChI=1S/C19H17ClN4O/c1-2-10-24-18(13-4-3-9-21-11-13)15-16(22-23-17(15)19(24)25)12-5-7-14(20)8-6-12/h3-9,11,18H,2,10H2,1H3,(H,22,23)/t18-/m0/s1. The first-order valence-electron chi connectivity index (χ1n) is 8.25. The molecule has 4 rings (SSSR count). The van der Waals surface area contributed by atoms with E-state index in [1.165, 1.54) is 0 Å². The zero-order chi connectivity index (χ0) is 17.4. The van der Waals surface area contributed by atoms with Crippen molar-refractivity contribution in [1.82, 2.24) is 20.1 Å². The van der Waals surface area contributed by atoms with Crippen molar-refractivity contribution in [3.8, 4) is 11.3 Å². The van der Waals surface area contributed by atoms with Gasteiger partial charge in [0, 0.05) is 35.1 Å². The van der Waals surface area contributed by atoms with Gasteiger partial charge in [0.1, 0.15) is 5.69 Å². The number of aromatic amines is 1. The third-order valence-corrected chi connectivity index (χ3v) is 4.70. The van der Waals surface area contributed by atoms with E-state index in [0.717, 1.165) is 28.8 Å². The molecule has 0 spiro atoms. The van der Waals surface area contributed by atoms with Gasteiger partial charge in [0.25, 0.3) is 5.91 Å². The van der Waals surface area contributed by atoms with Gasteiger partial charge in [0.2, 0.25) is 0 Å². The highest BCUT2D eigenvalue weighted by Gasteiger charge is 2.41. The van der Waals surface area contributed by atoms with Gasteiger partial charge in [-0.3, -0.25) is 14.9 Å². The maximum Gasteiger partial charge on any atom is 0.273 e. The minimum Gasteiger partial charge on any atom is -0.326 e. The van der Waals surface area contributed by atoms with Gasteiger partial charge in [0.15, 0.2) is 0 Å². The Morgan fingerprint density at radius 2 is 2.04 bits per heavy atom. The van der Waals surface area contributed by atoms with Crippen LogP contribution in [0, 0.1) is 0 Å². The van der Waals surface area contributed by atoms with Crippen LogP contribution in [0.25, 0.3) is 11.3 Å². The molecular weight excluding hydrogens is 336 g/mol. The lowest BCUT2D eigenvalue weighted by Gasteiger charge is -2.25. The van der Waals surface area contributed by atoms with Crippen molar-refractivity contribution in [3.63, 3.8) is 0 Å². The first-order valence-corrected chi connectivity index (χ1v) is 8.63. The number of amides is 1. The second kappa shape index (κ2) is 6.33. The molecule has 0 radical (unpaired) electrons. The van der Waals surface area contributed by atoms with Gasteiger partial charge in [-0.25, -0.2) is 0 Å². The first-order chi connectivity index (χ1) is 12.2. The summed E-state index contributed by atoms with van der Waals surface area (Å²) in [6, 6.07) is 11.2. The number of nitrogens with zero attached hydrogens (tertiary/aromatic N) is 3. The number of carbonyl (C=O) groups is 1. The molecule has 0 aliphatic carbocycles. The molecule has 3 heterocycles. The van der Waals surface area contributed by atoms with Gasteiger partial charge in [-0.05, 0) is 30.2 Å². The fraction of sp³-hybridized carbons (Fsp3) is 0.211. The van der Waals surface area contributed by atoms with Gasteiger partial charge in [-0.2, -0.15) is 5.10 Å². The molecule has 1 aliphatic rings. The summed E-state index contributed by atoms with van der Waals surface area (Å²) in [5.74, 6) is -0.0154. The van der Waals surface area contributed by atoms with E-state index < -0.39 is 0 Å². The van der Waals surface area contributed by atoms with E-state index in [2.05, 4.69) is 22.1 Å². The molecule has 1 amide bonds. The molecule has 0 bridgehead atoms. The SMILES string of the molecule is CCCN1C(=O)c2[nH]nc(-c3ccc(Cl)cc3)c2[C@@H]1c1cccnc1. The Balaban J connectivity index is 1.88. The summed E-state index contributed by atoms with van der Waals surface area (Å²) in [5, 5.41) is 8.03. The summed E-state index contributed by atoms with van der Waals surface area (Å²) in [5.41, 5.74) is 4.18. The molecule has 1 aliphatic heterocycles. The number of benzene rings is 1. The molecular formula is C19H17ClN4O. The topological polar surface area (TPSA) is 61.9 Å². The number of rotatable bonds is 4. The number of halogens is 1. The summed E-state index contributed by atoms with van der Waals surface area (Å²) in [7, 11) is 0. The highest BCUT2D eigenvalue weighted by atomic mass is 35.5. The molecule has 2 aromatic heterocycles.